The maximum Gasteiger partial charge on any atom is 0.166 e. The number of hydrogen-bond donors (Lipinski definition) is 4. The minimum Gasteiger partial charge on any atom is -0.383 e. The first-order valence-corrected chi connectivity index (χ1v) is 23.4. The van der Waals surface area contributed by atoms with Crippen LogP contribution in [0, 0.1) is 11.8 Å². The van der Waals surface area contributed by atoms with E-state index in [9.17, 15) is 9.59 Å². The van der Waals surface area contributed by atoms with Gasteiger partial charge in [0.1, 0.15) is 34.3 Å². The standard InChI is InChI=1S/C25H25ClN6O.C17H13Cl2N3O.C8H13N3/c26-19-13-21(22(33)4-2-16-1-3-20-18(11-16)5-7-29-24(20)27)25(31-15-19)30-14-17-6-9-32-10-8-28-23(32)12-17;18-12-8-14(16(19)22-9-12)15(23)4-2-10-1-3-13-11(7-10)5-6-21-17(13)20;9-6-7-1-3-11-4-2-10-8(11)5-7/h1,3,5,7-8,10-11,13,15,17H,2,4,6,9,12,14H2,(H2,27,29)(H,30,31);1,3,5-9H,2,4H2,(H2,20,21);2,4,7H,1,3,5-6,9H2. The molecule has 14 nitrogen and oxygen atoms in total. The third kappa shape index (κ3) is 11.9. The lowest BCUT2D eigenvalue weighted by molar-refractivity contribution is 0.0975. The summed E-state index contributed by atoms with van der Waals surface area (Å²) < 4.78 is 4.41. The number of rotatable bonds is 12. The van der Waals surface area contributed by atoms with Crippen LogP contribution in [0.15, 0.2) is 110 Å². The predicted octanol–water partition coefficient (Wildman–Crippen LogP) is 9.29. The molecular weight excluding hydrogens is 907 g/mol. The van der Waals surface area contributed by atoms with Gasteiger partial charge in [0.25, 0.3) is 0 Å². The number of nitrogens with two attached hydrogens (primary N) is 3. The average molecular weight is 958 g/mol. The molecule has 7 N–H and O–H groups in total. The number of aryl methyl sites for hydroxylation is 4. The molecule has 10 rings (SSSR count). The number of nitrogens with one attached hydrogen (secondary N) is 1. The lowest BCUT2D eigenvalue weighted by Gasteiger charge is -2.24. The third-order valence-electron chi connectivity index (χ3n) is 12.3. The lowest BCUT2D eigenvalue weighted by atomic mass is 9.97. The number of carbonyl (C=O) groups excluding carboxylic acids is 2. The summed E-state index contributed by atoms with van der Waals surface area (Å²) in [4.78, 5) is 50.6. The largest absolute Gasteiger partial charge is 0.383 e. The first kappa shape index (κ1) is 47.1. The van der Waals surface area contributed by atoms with Gasteiger partial charge in [-0.1, -0.05) is 71.2 Å². The van der Waals surface area contributed by atoms with E-state index >= 15 is 0 Å². The molecular formula is C50H51Cl3N12O2. The molecule has 0 amide bonds. The Morgan fingerprint density at radius 2 is 1.15 bits per heavy atom. The number of carbonyl (C=O) groups is 2. The molecule has 0 spiro atoms. The van der Waals surface area contributed by atoms with Gasteiger partial charge in [-0.2, -0.15) is 0 Å². The molecule has 0 saturated carbocycles. The summed E-state index contributed by atoms with van der Waals surface area (Å²) in [6.45, 7) is 3.60. The molecule has 344 valence electrons. The molecule has 2 atom stereocenters. The topological polar surface area (TPSA) is 211 Å². The van der Waals surface area contributed by atoms with E-state index in [-0.39, 0.29) is 16.7 Å². The van der Waals surface area contributed by atoms with Crippen LogP contribution >= 0.6 is 34.8 Å². The highest BCUT2D eigenvalue weighted by atomic mass is 35.5. The van der Waals surface area contributed by atoms with Crippen LogP contribution in [-0.4, -0.2) is 63.7 Å². The van der Waals surface area contributed by atoms with E-state index in [4.69, 9.17) is 52.0 Å². The smallest absolute Gasteiger partial charge is 0.166 e. The average Bonchev–Trinajstić information content (AvgIpc) is 4.03. The zero-order chi connectivity index (χ0) is 46.9. The molecule has 2 aliphatic rings. The molecule has 8 heterocycles. The maximum absolute atomic E-state index is 13.1. The van der Waals surface area contributed by atoms with Crippen molar-refractivity contribution in [2.45, 2.75) is 64.5 Å². The van der Waals surface area contributed by atoms with E-state index < -0.39 is 0 Å². The van der Waals surface area contributed by atoms with E-state index in [0.717, 1.165) is 83.9 Å². The first-order valence-electron chi connectivity index (χ1n) is 22.2. The third-order valence-corrected chi connectivity index (χ3v) is 13.0. The summed E-state index contributed by atoms with van der Waals surface area (Å²) in [5.74, 6) is 4.95. The summed E-state index contributed by atoms with van der Waals surface area (Å²) >= 11 is 18.0. The fourth-order valence-electron chi connectivity index (χ4n) is 8.46. The Bertz CT molecular complexity index is 3030. The summed E-state index contributed by atoms with van der Waals surface area (Å²) in [5, 5.41) is 8.27. The van der Waals surface area contributed by atoms with Gasteiger partial charge in [-0.3, -0.25) is 9.59 Å². The number of aromatic nitrogens is 8. The Hall–Kier alpha value is -6.45. The molecule has 2 aromatic carbocycles. The number of nitrogen functional groups attached to an aromatic ring is 2. The number of nitrogens with zero attached hydrogens (tertiary/aromatic N) is 8. The van der Waals surface area contributed by atoms with Crippen molar-refractivity contribution in [2.24, 2.45) is 17.6 Å². The van der Waals surface area contributed by atoms with E-state index in [2.05, 4.69) is 50.4 Å². The van der Waals surface area contributed by atoms with Crippen molar-refractivity contribution in [3.8, 4) is 0 Å². The second-order valence-corrected chi connectivity index (χ2v) is 18.0. The number of Topliss-reactive ketones (excluding diaryl/α,β-unsaturated/α-hetero) is 2. The van der Waals surface area contributed by atoms with Crippen molar-refractivity contribution < 1.29 is 9.59 Å². The number of anilines is 3. The highest BCUT2D eigenvalue weighted by Gasteiger charge is 2.21. The molecule has 8 aromatic rings. The number of pyridine rings is 4. The van der Waals surface area contributed by atoms with Crippen molar-refractivity contribution in [2.75, 3.05) is 29.9 Å². The van der Waals surface area contributed by atoms with Crippen LogP contribution in [0.2, 0.25) is 15.2 Å². The Kier molecular flexibility index (Phi) is 15.4. The fraction of sp³-hybridized carbons (Fsp3) is 0.280. The van der Waals surface area contributed by atoms with Gasteiger partial charge in [-0.25, -0.2) is 29.9 Å². The SMILES string of the molecule is NCC1CCn2ccnc2C1.Nc1nccc2cc(CCC(=O)c3cc(Cl)cnc3Cl)ccc12.Nc1nccc2cc(CCC(=O)c3cc(Cl)cnc3NCC3CCn4ccnc4C3)ccc12. The quantitative estimate of drug-likeness (QED) is 0.0667. The molecule has 67 heavy (non-hydrogen) atoms. The molecule has 2 aliphatic heterocycles. The zero-order valence-corrected chi connectivity index (χ0v) is 39.1. The van der Waals surface area contributed by atoms with Crippen LogP contribution in [-0.2, 0) is 38.8 Å². The molecule has 0 saturated heterocycles. The normalized spacial score (nSPS) is 15.1. The summed E-state index contributed by atoms with van der Waals surface area (Å²) in [6.07, 6.45) is 20.3. The molecule has 17 heteroatoms. The van der Waals surface area contributed by atoms with Crippen molar-refractivity contribution in [1.82, 2.24) is 39.0 Å². The van der Waals surface area contributed by atoms with Crippen molar-refractivity contribution in [3.05, 3.63) is 159 Å². The summed E-state index contributed by atoms with van der Waals surface area (Å²) in [7, 11) is 0. The number of hydrogen-bond acceptors (Lipinski definition) is 12. The highest BCUT2D eigenvalue weighted by Crippen LogP contribution is 2.27. The Morgan fingerprint density at radius 3 is 1.73 bits per heavy atom. The minimum absolute atomic E-state index is 0.0148. The second kappa shape index (κ2) is 21.9. The summed E-state index contributed by atoms with van der Waals surface area (Å²) in [6, 6.07) is 19.0. The maximum atomic E-state index is 13.1. The van der Waals surface area contributed by atoms with Crippen molar-refractivity contribution in [1.29, 1.82) is 0 Å². The van der Waals surface area contributed by atoms with Crippen molar-refractivity contribution >= 4 is 85.4 Å². The molecule has 0 fully saturated rings. The van der Waals surface area contributed by atoms with Crippen LogP contribution in [0.25, 0.3) is 21.5 Å². The Balaban J connectivity index is 0.000000154. The monoisotopic (exact) mass is 956 g/mol. The minimum atomic E-state index is -0.0839. The van der Waals surface area contributed by atoms with Gasteiger partial charge in [0.2, 0.25) is 0 Å². The fourth-order valence-corrected chi connectivity index (χ4v) is 8.98. The van der Waals surface area contributed by atoms with Gasteiger partial charge >= 0.3 is 0 Å². The number of ketones is 2. The van der Waals surface area contributed by atoms with Gasteiger partial charge in [0.05, 0.1) is 21.2 Å². The van der Waals surface area contributed by atoms with Gasteiger partial charge in [-0.05, 0) is 90.2 Å². The molecule has 0 bridgehead atoms. The van der Waals surface area contributed by atoms with Crippen LogP contribution in [0.4, 0.5) is 17.5 Å². The first-order chi connectivity index (χ1) is 32.5. The molecule has 0 aliphatic carbocycles. The number of halogens is 3. The van der Waals surface area contributed by atoms with Crippen LogP contribution in [0.1, 0.15) is 69.2 Å². The molecule has 2 unspecified atom stereocenters. The Labute approximate surface area is 403 Å². The lowest BCUT2D eigenvalue weighted by Crippen LogP contribution is -2.25. The van der Waals surface area contributed by atoms with E-state index in [0.29, 0.717) is 76.1 Å². The van der Waals surface area contributed by atoms with Gasteiger partial charge in [0, 0.05) is 106 Å². The van der Waals surface area contributed by atoms with Gasteiger partial charge in [0.15, 0.2) is 11.6 Å². The molecule has 0 radical (unpaired) electrons. The number of fused-ring (bicyclic) bond motifs is 4. The predicted molar refractivity (Wildman–Crippen MR) is 267 cm³/mol. The van der Waals surface area contributed by atoms with Gasteiger partial charge in [-0.15, -0.1) is 0 Å². The molecule has 6 aromatic heterocycles. The second-order valence-electron chi connectivity index (χ2n) is 16.8. The highest BCUT2D eigenvalue weighted by molar-refractivity contribution is 6.34. The number of imidazole rings is 2. The van der Waals surface area contributed by atoms with E-state index in [1.165, 1.54) is 18.4 Å². The van der Waals surface area contributed by atoms with Crippen LogP contribution < -0.4 is 22.5 Å². The van der Waals surface area contributed by atoms with Crippen molar-refractivity contribution in [3.63, 3.8) is 0 Å². The van der Waals surface area contributed by atoms with E-state index in [1.807, 2.05) is 67.3 Å². The number of benzene rings is 2. The van der Waals surface area contributed by atoms with Crippen LogP contribution in [0.5, 0.6) is 0 Å². The van der Waals surface area contributed by atoms with Crippen LogP contribution in [0.3, 0.4) is 0 Å². The van der Waals surface area contributed by atoms with Gasteiger partial charge < -0.3 is 31.7 Å². The zero-order valence-electron chi connectivity index (χ0n) is 36.8. The summed E-state index contributed by atoms with van der Waals surface area (Å²) in [5.41, 5.74) is 20.4. The Morgan fingerprint density at radius 1 is 0.627 bits per heavy atom. The van der Waals surface area contributed by atoms with E-state index in [1.54, 1.807) is 30.7 Å².